The molecule has 2 unspecified atom stereocenters. The summed E-state index contributed by atoms with van der Waals surface area (Å²) in [5, 5.41) is 8.63. The highest BCUT2D eigenvalue weighted by Crippen LogP contribution is 2.40. The monoisotopic (exact) mass is 257 g/mol. The number of carboxylic acids is 1. The Morgan fingerprint density at radius 2 is 2.38 bits per heavy atom. The van der Waals surface area contributed by atoms with E-state index in [1.807, 2.05) is 0 Å². The smallest absolute Gasteiger partial charge is 0.313 e. The third kappa shape index (κ3) is 2.40. The highest BCUT2D eigenvalue weighted by molar-refractivity contribution is 8.01. The summed E-state index contributed by atoms with van der Waals surface area (Å²) < 4.78 is 0.911. The van der Waals surface area contributed by atoms with Crippen molar-refractivity contribution in [2.45, 2.75) is 36.9 Å². The van der Waals surface area contributed by atoms with Gasteiger partial charge in [-0.2, -0.15) is 0 Å². The largest absolute Gasteiger partial charge is 0.481 e. The lowest BCUT2D eigenvalue weighted by Crippen LogP contribution is -2.14. The Labute approximate surface area is 103 Å². The van der Waals surface area contributed by atoms with E-state index in [0.717, 1.165) is 10.8 Å². The molecule has 0 saturated heterocycles. The van der Waals surface area contributed by atoms with E-state index in [1.54, 1.807) is 11.3 Å². The number of aliphatic carboxylic acids is 1. The minimum absolute atomic E-state index is 0.107. The van der Waals surface area contributed by atoms with Crippen LogP contribution in [-0.2, 0) is 11.2 Å². The van der Waals surface area contributed by atoms with Crippen LogP contribution in [0.25, 0.3) is 0 Å². The molecular formula is C11H15NO2S2. The molecule has 88 valence electrons. The number of thiazole rings is 1. The summed E-state index contributed by atoms with van der Waals surface area (Å²) in [6, 6.07) is 0. The predicted molar refractivity (Wildman–Crippen MR) is 66.4 cm³/mol. The first-order valence-electron chi connectivity index (χ1n) is 5.42. The second-order valence-corrected chi connectivity index (χ2v) is 6.58. The molecule has 1 aromatic rings. The van der Waals surface area contributed by atoms with Gasteiger partial charge in [-0.3, -0.25) is 4.79 Å². The minimum atomic E-state index is -0.778. The topological polar surface area (TPSA) is 50.2 Å². The average molecular weight is 257 g/mol. The van der Waals surface area contributed by atoms with Crippen LogP contribution in [0, 0.1) is 5.92 Å². The third-order valence-corrected chi connectivity index (χ3v) is 5.40. The first kappa shape index (κ1) is 11.9. The molecule has 0 aromatic carbocycles. The molecule has 0 aliphatic heterocycles. The molecule has 0 bridgehead atoms. The molecule has 0 amide bonds. The fourth-order valence-corrected chi connectivity index (χ4v) is 3.97. The zero-order chi connectivity index (χ0) is 11.7. The molecule has 0 radical (unpaired) electrons. The van der Waals surface area contributed by atoms with Crippen molar-refractivity contribution < 1.29 is 9.90 Å². The quantitative estimate of drug-likeness (QED) is 0.846. The van der Waals surface area contributed by atoms with Crippen LogP contribution >= 0.6 is 23.1 Å². The zero-order valence-electron chi connectivity index (χ0n) is 9.40. The third-order valence-electron chi connectivity index (χ3n) is 3.14. The summed E-state index contributed by atoms with van der Waals surface area (Å²) in [6.07, 6.45) is 2.32. The van der Waals surface area contributed by atoms with Gasteiger partial charge in [0.15, 0.2) is 4.34 Å². The van der Waals surface area contributed by atoms with Gasteiger partial charge in [0.2, 0.25) is 0 Å². The molecular weight excluding hydrogens is 242 g/mol. The Balaban J connectivity index is 2.14. The molecule has 1 aromatic heterocycles. The molecule has 1 N–H and O–H groups in total. The van der Waals surface area contributed by atoms with Gasteiger partial charge in [-0.15, -0.1) is 11.3 Å². The Bertz CT molecular complexity index is 403. The standard InChI is InChI=1S/C11H15NO2S2/c1-6-3-4-8-10(7(6)2)12-11(16-8)15-5-9(13)14/h6-7H,3-5H2,1-2H3,(H,13,14). The second kappa shape index (κ2) is 4.75. The van der Waals surface area contributed by atoms with E-state index in [2.05, 4.69) is 18.8 Å². The van der Waals surface area contributed by atoms with Crippen LogP contribution in [0.3, 0.4) is 0 Å². The first-order valence-corrected chi connectivity index (χ1v) is 7.22. The van der Waals surface area contributed by atoms with Crippen LogP contribution in [0.15, 0.2) is 4.34 Å². The Kier molecular flexibility index (Phi) is 3.54. The van der Waals surface area contributed by atoms with Crippen molar-refractivity contribution in [3.8, 4) is 0 Å². The SMILES string of the molecule is CC1CCc2sc(SCC(=O)O)nc2C1C. The van der Waals surface area contributed by atoms with Crippen LogP contribution in [0.5, 0.6) is 0 Å². The number of carboxylic acid groups (broad SMARTS) is 1. The van der Waals surface area contributed by atoms with E-state index in [-0.39, 0.29) is 5.75 Å². The van der Waals surface area contributed by atoms with Crippen molar-refractivity contribution in [1.82, 2.24) is 4.98 Å². The second-order valence-electron chi connectivity index (χ2n) is 4.28. The van der Waals surface area contributed by atoms with Crippen LogP contribution in [-0.4, -0.2) is 21.8 Å². The molecule has 2 rings (SSSR count). The lowest BCUT2D eigenvalue weighted by Gasteiger charge is -2.24. The summed E-state index contributed by atoms with van der Waals surface area (Å²) in [5.74, 6) is 0.529. The maximum Gasteiger partial charge on any atom is 0.313 e. The molecule has 3 nitrogen and oxygen atoms in total. The van der Waals surface area contributed by atoms with Crippen molar-refractivity contribution >= 4 is 29.1 Å². The van der Waals surface area contributed by atoms with Gasteiger partial charge < -0.3 is 5.11 Å². The predicted octanol–water partition coefficient (Wildman–Crippen LogP) is 3.01. The van der Waals surface area contributed by atoms with E-state index >= 15 is 0 Å². The van der Waals surface area contributed by atoms with Crippen LogP contribution in [0.1, 0.15) is 36.8 Å². The van der Waals surface area contributed by atoms with E-state index in [1.165, 1.54) is 28.8 Å². The van der Waals surface area contributed by atoms with Gasteiger partial charge in [0.25, 0.3) is 0 Å². The summed E-state index contributed by atoms with van der Waals surface area (Å²) in [6.45, 7) is 4.48. The number of hydrogen-bond donors (Lipinski definition) is 1. The van der Waals surface area contributed by atoms with Gasteiger partial charge >= 0.3 is 5.97 Å². The normalized spacial score (nSPS) is 24.1. The number of rotatable bonds is 3. The summed E-state index contributed by atoms with van der Waals surface area (Å²) in [5.41, 5.74) is 1.21. The van der Waals surface area contributed by atoms with Crippen LogP contribution in [0.2, 0.25) is 0 Å². The van der Waals surface area contributed by atoms with Gasteiger partial charge in [-0.05, 0) is 18.8 Å². The molecule has 1 aliphatic rings. The molecule has 16 heavy (non-hydrogen) atoms. The number of thioether (sulfide) groups is 1. The van der Waals surface area contributed by atoms with Crippen molar-refractivity contribution in [1.29, 1.82) is 0 Å². The lowest BCUT2D eigenvalue weighted by molar-refractivity contribution is -0.133. The van der Waals surface area contributed by atoms with E-state index < -0.39 is 5.97 Å². The lowest BCUT2D eigenvalue weighted by atomic mass is 9.83. The number of hydrogen-bond acceptors (Lipinski definition) is 4. The fraction of sp³-hybridized carbons (Fsp3) is 0.636. The van der Waals surface area contributed by atoms with Crippen molar-refractivity contribution in [3.63, 3.8) is 0 Å². The van der Waals surface area contributed by atoms with Crippen LogP contribution in [0.4, 0.5) is 0 Å². The minimum Gasteiger partial charge on any atom is -0.481 e. The average Bonchev–Trinajstić information content (AvgIpc) is 2.64. The Hall–Kier alpha value is -0.550. The van der Waals surface area contributed by atoms with Gasteiger partial charge in [0, 0.05) is 10.8 Å². The molecule has 0 spiro atoms. The zero-order valence-corrected chi connectivity index (χ0v) is 11.0. The highest BCUT2D eigenvalue weighted by Gasteiger charge is 2.26. The van der Waals surface area contributed by atoms with Crippen molar-refractivity contribution in [2.75, 3.05) is 5.75 Å². The summed E-state index contributed by atoms with van der Waals surface area (Å²) in [7, 11) is 0. The van der Waals surface area contributed by atoms with E-state index in [9.17, 15) is 4.79 Å². The molecule has 0 saturated carbocycles. The van der Waals surface area contributed by atoms with Gasteiger partial charge in [0.05, 0.1) is 11.4 Å². The number of carbonyl (C=O) groups is 1. The molecule has 1 aliphatic carbocycles. The molecule has 5 heteroatoms. The Morgan fingerprint density at radius 1 is 1.62 bits per heavy atom. The van der Waals surface area contributed by atoms with Crippen molar-refractivity contribution in [3.05, 3.63) is 10.6 Å². The maximum atomic E-state index is 10.5. The fourth-order valence-electron chi connectivity index (χ4n) is 1.94. The van der Waals surface area contributed by atoms with E-state index in [0.29, 0.717) is 11.8 Å². The van der Waals surface area contributed by atoms with Gasteiger partial charge in [0.1, 0.15) is 0 Å². The molecule has 2 atom stereocenters. The van der Waals surface area contributed by atoms with Crippen molar-refractivity contribution in [2.24, 2.45) is 5.92 Å². The van der Waals surface area contributed by atoms with Crippen LogP contribution < -0.4 is 0 Å². The summed E-state index contributed by atoms with van der Waals surface area (Å²) in [4.78, 5) is 16.4. The highest BCUT2D eigenvalue weighted by atomic mass is 32.2. The van der Waals surface area contributed by atoms with Gasteiger partial charge in [-0.25, -0.2) is 4.98 Å². The number of aryl methyl sites for hydroxylation is 1. The Morgan fingerprint density at radius 3 is 3.06 bits per heavy atom. The molecule has 0 fully saturated rings. The molecule has 1 heterocycles. The maximum absolute atomic E-state index is 10.5. The van der Waals surface area contributed by atoms with E-state index in [4.69, 9.17) is 5.11 Å². The summed E-state index contributed by atoms with van der Waals surface area (Å²) >= 11 is 3.00. The number of fused-ring (bicyclic) bond motifs is 1. The van der Waals surface area contributed by atoms with Gasteiger partial charge in [-0.1, -0.05) is 25.6 Å². The first-order chi connectivity index (χ1) is 7.58. The number of nitrogens with zero attached hydrogens (tertiary/aromatic N) is 1. The number of aromatic nitrogens is 1.